The van der Waals surface area contributed by atoms with Crippen molar-refractivity contribution in [1.29, 1.82) is 0 Å². The van der Waals surface area contributed by atoms with Crippen molar-refractivity contribution in [2.24, 2.45) is 0 Å². The third-order valence-electron chi connectivity index (χ3n) is 2.82. The highest BCUT2D eigenvalue weighted by Crippen LogP contribution is 2.38. The number of hydrogen-bond donors (Lipinski definition) is 1. The molecule has 0 aliphatic heterocycles. The van der Waals surface area contributed by atoms with E-state index in [4.69, 9.17) is 4.42 Å². The van der Waals surface area contributed by atoms with E-state index in [2.05, 4.69) is 15.9 Å². The van der Waals surface area contributed by atoms with Crippen molar-refractivity contribution in [1.82, 2.24) is 0 Å². The molecule has 1 atom stereocenters. The van der Waals surface area contributed by atoms with Gasteiger partial charge in [0.25, 0.3) is 0 Å². The molecule has 0 radical (unpaired) electrons. The number of rotatable bonds is 3. The average Bonchev–Trinajstić information content (AvgIpc) is 2.76. The second-order valence-corrected chi connectivity index (χ2v) is 4.65. The molecule has 2 aromatic rings. The van der Waals surface area contributed by atoms with Crippen molar-refractivity contribution in [3.8, 4) is 0 Å². The van der Waals surface area contributed by atoms with Gasteiger partial charge in [-0.25, -0.2) is 4.39 Å². The lowest BCUT2D eigenvalue weighted by atomic mass is 9.88. The maximum atomic E-state index is 13.8. The molecule has 90 valence electrons. The zero-order chi connectivity index (χ0) is 12.5. The van der Waals surface area contributed by atoms with E-state index in [1.54, 1.807) is 31.2 Å². The fourth-order valence-corrected chi connectivity index (χ4v) is 2.39. The van der Waals surface area contributed by atoms with Crippen molar-refractivity contribution in [3.05, 3.63) is 58.2 Å². The third-order valence-corrected chi connectivity index (χ3v) is 3.45. The molecule has 0 saturated heterocycles. The van der Waals surface area contributed by atoms with Gasteiger partial charge in [0.15, 0.2) is 11.4 Å². The lowest BCUT2D eigenvalue weighted by molar-refractivity contribution is 0.0482. The van der Waals surface area contributed by atoms with Gasteiger partial charge in [-0.2, -0.15) is 0 Å². The summed E-state index contributed by atoms with van der Waals surface area (Å²) in [7, 11) is 0. The number of benzene rings is 1. The van der Waals surface area contributed by atoms with E-state index in [1.807, 2.05) is 0 Å². The summed E-state index contributed by atoms with van der Waals surface area (Å²) in [6.07, 6.45) is 1.78. The van der Waals surface area contributed by atoms with E-state index in [1.165, 1.54) is 12.3 Å². The molecule has 1 heterocycles. The monoisotopic (exact) mass is 298 g/mol. The zero-order valence-corrected chi connectivity index (χ0v) is 10.9. The van der Waals surface area contributed by atoms with E-state index in [-0.39, 0.29) is 5.56 Å². The van der Waals surface area contributed by atoms with Crippen LogP contribution in [0.4, 0.5) is 4.39 Å². The minimum atomic E-state index is -1.45. The van der Waals surface area contributed by atoms with Gasteiger partial charge >= 0.3 is 0 Å². The predicted octanol–water partition coefficient (Wildman–Crippen LogP) is 3.83. The largest absolute Gasteiger partial charge is 0.465 e. The maximum Gasteiger partial charge on any atom is 0.154 e. The highest BCUT2D eigenvalue weighted by Gasteiger charge is 2.36. The summed E-state index contributed by atoms with van der Waals surface area (Å²) >= 11 is 3.29. The van der Waals surface area contributed by atoms with Crippen LogP contribution in [0.5, 0.6) is 0 Å². The molecule has 4 heteroatoms. The molecule has 0 fully saturated rings. The molecule has 2 nitrogen and oxygen atoms in total. The standard InChI is InChI=1S/C13H12BrFO2/c1-2-13(16,12-10(14)7-8-17-12)9-5-3-4-6-11(9)15/h3-8,16H,2H2,1H3. The molecule has 0 aliphatic carbocycles. The number of halogens is 2. The number of hydrogen-bond acceptors (Lipinski definition) is 2. The van der Waals surface area contributed by atoms with Crippen molar-refractivity contribution >= 4 is 15.9 Å². The summed E-state index contributed by atoms with van der Waals surface area (Å²) < 4.78 is 19.7. The molecule has 0 aliphatic rings. The van der Waals surface area contributed by atoms with Gasteiger partial charge in [0.2, 0.25) is 0 Å². The van der Waals surface area contributed by atoms with Crippen LogP contribution in [-0.4, -0.2) is 5.11 Å². The minimum absolute atomic E-state index is 0.221. The van der Waals surface area contributed by atoms with Gasteiger partial charge in [-0.15, -0.1) is 0 Å². The van der Waals surface area contributed by atoms with Gasteiger partial charge < -0.3 is 9.52 Å². The highest BCUT2D eigenvalue weighted by molar-refractivity contribution is 9.10. The Balaban J connectivity index is 2.60. The quantitative estimate of drug-likeness (QED) is 0.934. The maximum absolute atomic E-state index is 13.8. The van der Waals surface area contributed by atoms with E-state index >= 15 is 0 Å². The van der Waals surface area contributed by atoms with Crippen molar-refractivity contribution in [3.63, 3.8) is 0 Å². The molecule has 2 rings (SSSR count). The van der Waals surface area contributed by atoms with Gasteiger partial charge in [-0.05, 0) is 34.5 Å². The molecule has 1 aromatic heterocycles. The Morgan fingerprint density at radius 1 is 1.35 bits per heavy atom. The average molecular weight is 299 g/mol. The molecule has 1 N–H and O–H groups in total. The molecular formula is C13H12BrFO2. The first kappa shape index (κ1) is 12.3. The summed E-state index contributed by atoms with van der Waals surface area (Å²) in [6.45, 7) is 1.78. The Hall–Kier alpha value is -1.13. The minimum Gasteiger partial charge on any atom is -0.465 e. The molecule has 0 saturated carbocycles. The van der Waals surface area contributed by atoms with Crippen LogP contribution in [0.1, 0.15) is 24.7 Å². The van der Waals surface area contributed by atoms with Crippen LogP contribution in [-0.2, 0) is 5.60 Å². The van der Waals surface area contributed by atoms with E-state index in [0.29, 0.717) is 16.7 Å². The fourth-order valence-electron chi connectivity index (χ4n) is 1.86. The normalized spacial score (nSPS) is 14.6. The van der Waals surface area contributed by atoms with E-state index in [9.17, 15) is 9.50 Å². The topological polar surface area (TPSA) is 33.4 Å². The van der Waals surface area contributed by atoms with Crippen molar-refractivity contribution in [2.45, 2.75) is 18.9 Å². The summed E-state index contributed by atoms with van der Waals surface area (Å²) in [5, 5.41) is 10.6. The third kappa shape index (κ3) is 2.03. The van der Waals surface area contributed by atoms with Crippen LogP contribution in [0.25, 0.3) is 0 Å². The molecule has 17 heavy (non-hydrogen) atoms. The Morgan fingerprint density at radius 2 is 2.06 bits per heavy atom. The van der Waals surface area contributed by atoms with Crippen molar-refractivity contribution < 1.29 is 13.9 Å². The zero-order valence-electron chi connectivity index (χ0n) is 9.28. The highest BCUT2D eigenvalue weighted by atomic mass is 79.9. The van der Waals surface area contributed by atoms with Crippen LogP contribution in [0, 0.1) is 5.82 Å². The van der Waals surface area contributed by atoms with Crippen molar-refractivity contribution in [2.75, 3.05) is 0 Å². The number of furan rings is 1. The van der Waals surface area contributed by atoms with Gasteiger partial charge in [0.1, 0.15) is 5.82 Å². The molecule has 1 aromatic carbocycles. The number of aliphatic hydroxyl groups is 1. The van der Waals surface area contributed by atoms with Crippen LogP contribution in [0.2, 0.25) is 0 Å². The summed E-state index contributed by atoms with van der Waals surface area (Å²) in [5.41, 5.74) is -1.23. The predicted molar refractivity (Wildman–Crippen MR) is 66.1 cm³/mol. The molecule has 0 spiro atoms. The van der Waals surface area contributed by atoms with Crippen LogP contribution >= 0.6 is 15.9 Å². The van der Waals surface area contributed by atoms with Gasteiger partial charge in [-0.1, -0.05) is 25.1 Å². The second kappa shape index (κ2) is 4.63. The summed E-state index contributed by atoms with van der Waals surface area (Å²) in [4.78, 5) is 0. The second-order valence-electron chi connectivity index (χ2n) is 3.79. The first-order valence-electron chi connectivity index (χ1n) is 5.30. The summed E-state index contributed by atoms with van der Waals surface area (Å²) in [6, 6.07) is 7.85. The Morgan fingerprint density at radius 3 is 2.59 bits per heavy atom. The van der Waals surface area contributed by atoms with E-state index in [0.717, 1.165) is 0 Å². The smallest absolute Gasteiger partial charge is 0.154 e. The van der Waals surface area contributed by atoms with E-state index < -0.39 is 11.4 Å². The Bertz CT molecular complexity index is 524. The molecule has 1 unspecified atom stereocenters. The SMILES string of the molecule is CCC(O)(c1ccccc1F)c1occc1Br. The van der Waals surface area contributed by atoms with Crippen LogP contribution in [0.15, 0.2) is 45.5 Å². The molecule has 0 bridgehead atoms. The lowest BCUT2D eigenvalue weighted by Crippen LogP contribution is -2.27. The van der Waals surface area contributed by atoms with Gasteiger partial charge in [0, 0.05) is 5.56 Å². The first-order chi connectivity index (χ1) is 8.09. The van der Waals surface area contributed by atoms with Crippen LogP contribution in [0.3, 0.4) is 0 Å². The van der Waals surface area contributed by atoms with Gasteiger partial charge in [-0.3, -0.25) is 0 Å². The summed E-state index contributed by atoms with van der Waals surface area (Å²) in [5.74, 6) is -0.120. The Kier molecular flexibility index (Phi) is 3.35. The van der Waals surface area contributed by atoms with Crippen LogP contribution < -0.4 is 0 Å². The first-order valence-corrected chi connectivity index (χ1v) is 6.09. The fraction of sp³-hybridized carbons (Fsp3) is 0.231. The molecule has 0 amide bonds. The lowest BCUT2D eigenvalue weighted by Gasteiger charge is -2.26. The molecular weight excluding hydrogens is 287 g/mol. The van der Waals surface area contributed by atoms with Gasteiger partial charge in [0.05, 0.1) is 10.7 Å². The Labute approximate surface area is 107 Å².